The molecule has 5 heterocycles. The van der Waals surface area contributed by atoms with Crippen LogP contribution in [-0.4, -0.2) is 75.8 Å². The van der Waals surface area contributed by atoms with E-state index < -0.39 is 0 Å². The zero-order valence-corrected chi connectivity index (χ0v) is 17.7. The van der Waals surface area contributed by atoms with Crippen molar-refractivity contribution in [2.75, 3.05) is 44.2 Å². The normalized spacial score (nSPS) is 23.0. The average Bonchev–Trinajstić information content (AvgIpc) is 3.49. The van der Waals surface area contributed by atoms with Gasteiger partial charge < -0.3 is 9.80 Å². The number of likely N-dealkylation sites (tertiary alicyclic amines) is 1. The van der Waals surface area contributed by atoms with Gasteiger partial charge in [0.15, 0.2) is 0 Å². The number of pyridine rings is 1. The van der Waals surface area contributed by atoms with E-state index in [1.54, 1.807) is 6.20 Å². The maximum absolute atomic E-state index is 12.9. The SMILES string of the molecule is O=C(c1ccc(N2CCN3CCCC3C2)nc1)N1CCC(CCn2cccn2)CC1. The fraction of sp³-hybridized carbons (Fsp3) is 0.609. The molecule has 0 spiro atoms. The van der Waals surface area contributed by atoms with E-state index >= 15 is 0 Å². The number of anilines is 1. The molecule has 0 bridgehead atoms. The van der Waals surface area contributed by atoms with Crippen LogP contribution in [0.1, 0.15) is 42.5 Å². The van der Waals surface area contributed by atoms with Crippen LogP contribution in [0.25, 0.3) is 0 Å². The second kappa shape index (κ2) is 8.76. The second-order valence-electron chi connectivity index (χ2n) is 8.98. The largest absolute Gasteiger partial charge is 0.354 e. The van der Waals surface area contributed by atoms with Crippen LogP contribution in [0.5, 0.6) is 0 Å². The van der Waals surface area contributed by atoms with Crippen LogP contribution in [0, 0.1) is 5.92 Å². The third-order valence-corrected chi connectivity index (χ3v) is 7.13. The Morgan fingerprint density at radius 1 is 1.07 bits per heavy atom. The highest BCUT2D eigenvalue weighted by molar-refractivity contribution is 5.94. The van der Waals surface area contributed by atoms with Crippen molar-refractivity contribution in [2.45, 2.75) is 44.7 Å². The van der Waals surface area contributed by atoms with Gasteiger partial charge in [0.25, 0.3) is 5.91 Å². The van der Waals surface area contributed by atoms with Crippen LogP contribution in [0.3, 0.4) is 0 Å². The molecule has 0 saturated carbocycles. The molecule has 3 aliphatic heterocycles. The van der Waals surface area contributed by atoms with Gasteiger partial charge >= 0.3 is 0 Å². The number of carbonyl (C=O) groups excluding carboxylic acids is 1. The molecule has 1 amide bonds. The first-order valence-electron chi connectivity index (χ1n) is 11.5. The summed E-state index contributed by atoms with van der Waals surface area (Å²) in [7, 11) is 0. The van der Waals surface area contributed by atoms with Crippen molar-refractivity contribution in [2.24, 2.45) is 5.92 Å². The van der Waals surface area contributed by atoms with E-state index in [1.165, 1.54) is 19.4 Å². The van der Waals surface area contributed by atoms with Crippen molar-refractivity contribution >= 4 is 11.7 Å². The number of aromatic nitrogens is 3. The van der Waals surface area contributed by atoms with Crippen molar-refractivity contribution in [1.82, 2.24) is 24.6 Å². The second-order valence-corrected chi connectivity index (χ2v) is 8.98. The maximum atomic E-state index is 12.9. The lowest BCUT2D eigenvalue weighted by atomic mass is 9.93. The summed E-state index contributed by atoms with van der Waals surface area (Å²) in [6.07, 6.45) is 11.5. The molecule has 30 heavy (non-hydrogen) atoms. The molecule has 160 valence electrons. The van der Waals surface area contributed by atoms with Crippen LogP contribution in [0.2, 0.25) is 0 Å². The van der Waals surface area contributed by atoms with E-state index in [1.807, 2.05) is 40.2 Å². The third kappa shape index (κ3) is 4.21. The fourth-order valence-corrected chi connectivity index (χ4v) is 5.25. The van der Waals surface area contributed by atoms with E-state index in [0.29, 0.717) is 17.5 Å². The summed E-state index contributed by atoms with van der Waals surface area (Å²) in [5.74, 6) is 1.81. The Labute approximate surface area is 178 Å². The molecule has 0 radical (unpaired) electrons. The molecule has 3 saturated heterocycles. The number of fused-ring (bicyclic) bond motifs is 1. The number of amides is 1. The first-order chi connectivity index (χ1) is 14.8. The minimum Gasteiger partial charge on any atom is -0.354 e. The van der Waals surface area contributed by atoms with Gasteiger partial charge in [-0.05, 0) is 62.8 Å². The van der Waals surface area contributed by atoms with E-state index in [0.717, 1.165) is 64.3 Å². The molecule has 3 fully saturated rings. The summed E-state index contributed by atoms with van der Waals surface area (Å²) in [6.45, 7) is 7.12. The van der Waals surface area contributed by atoms with Gasteiger partial charge in [0.05, 0.1) is 5.56 Å². The van der Waals surface area contributed by atoms with Gasteiger partial charge in [-0.1, -0.05) is 0 Å². The number of piperidine rings is 1. The lowest BCUT2D eigenvalue weighted by Crippen LogP contribution is -2.50. The van der Waals surface area contributed by atoms with Gasteiger partial charge in [-0.2, -0.15) is 5.10 Å². The summed E-state index contributed by atoms with van der Waals surface area (Å²) >= 11 is 0. The summed E-state index contributed by atoms with van der Waals surface area (Å²) < 4.78 is 2.00. The Kier molecular flexibility index (Phi) is 5.71. The Morgan fingerprint density at radius 2 is 1.97 bits per heavy atom. The zero-order chi connectivity index (χ0) is 20.3. The van der Waals surface area contributed by atoms with Crippen LogP contribution in [0.15, 0.2) is 36.8 Å². The molecule has 7 heteroatoms. The Morgan fingerprint density at radius 3 is 2.73 bits per heavy atom. The van der Waals surface area contributed by atoms with E-state index in [9.17, 15) is 4.79 Å². The number of hydrogen-bond acceptors (Lipinski definition) is 5. The quantitative estimate of drug-likeness (QED) is 0.761. The van der Waals surface area contributed by atoms with Gasteiger partial charge in [0.2, 0.25) is 0 Å². The summed E-state index contributed by atoms with van der Waals surface area (Å²) in [5, 5.41) is 4.28. The molecule has 0 aliphatic carbocycles. The molecular weight excluding hydrogens is 376 g/mol. The standard InChI is InChI=1S/C23H32N6O/c30-23(27-12-6-19(7-13-27)8-14-29-11-2-9-25-29)20-4-5-22(24-17-20)28-16-15-26-10-1-3-21(26)18-28/h2,4-5,9,11,17,19,21H,1,3,6-8,10,12-16,18H2. The Bertz CT molecular complexity index is 828. The topological polar surface area (TPSA) is 57.5 Å². The minimum atomic E-state index is 0.125. The lowest BCUT2D eigenvalue weighted by molar-refractivity contribution is 0.0684. The van der Waals surface area contributed by atoms with Gasteiger partial charge in [0.1, 0.15) is 5.82 Å². The molecule has 2 aromatic rings. The molecular formula is C23H32N6O. The molecule has 0 N–H and O–H groups in total. The highest BCUT2D eigenvalue weighted by atomic mass is 16.2. The Balaban J connectivity index is 1.12. The lowest BCUT2D eigenvalue weighted by Gasteiger charge is -2.38. The number of carbonyl (C=O) groups is 1. The molecule has 1 unspecified atom stereocenters. The van der Waals surface area contributed by atoms with Crippen LogP contribution < -0.4 is 4.90 Å². The van der Waals surface area contributed by atoms with Crippen molar-refractivity contribution in [3.05, 3.63) is 42.4 Å². The first kappa shape index (κ1) is 19.5. The van der Waals surface area contributed by atoms with Crippen molar-refractivity contribution < 1.29 is 4.79 Å². The van der Waals surface area contributed by atoms with Crippen LogP contribution >= 0.6 is 0 Å². The monoisotopic (exact) mass is 408 g/mol. The van der Waals surface area contributed by atoms with Crippen molar-refractivity contribution in [3.63, 3.8) is 0 Å². The number of aryl methyl sites for hydroxylation is 1. The molecule has 5 rings (SSSR count). The summed E-state index contributed by atoms with van der Waals surface area (Å²) in [6, 6.07) is 6.65. The van der Waals surface area contributed by atoms with Crippen molar-refractivity contribution in [3.8, 4) is 0 Å². The molecule has 3 aliphatic rings. The molecule has 0 aromatic carbocycles. The van der Waals surface area contributed by atoms with Crippen LogP contribution in [-0.2, 0) is 6.54 Å². The predicted molar refractivity (Wildman–Crippen MR) is 117 cm³/mol. The molecule has 7 nitrogen and oxygen atoms in total. The smallest absolute Gasteiger partial charge is 0.255 e. The number of nitrogens with zero attached hydrogens (tertiary/aromatic N) is 6. The third-order valence-electron chi connectivity index (χ3n) is 7.13. The minimum absolute atomic E-state index is 0.125. The molecule has 2 aromatic heterocycles. The number of hydrogen-bond donors (Lipinski definition) is 0. The first-order valence-corrected chi connectivity index (χ1v) is 11.5. The maximum Gasteiger partial charge on any atom is 0.255 e. The zero-order valence-electron chi connectivity index (χ0n) is 17.7. The van der Waals surface area contributed by atoms with Crippen molar-refractivity contribution in [1.29, 1.82) is 0 Å². The Hall–Kier alpha value is -2.41. The van der Waals surface area contributed by atoms with Gasteiger partial charge in [0, 0.05) is 63.9 Å². The fourth-order valence-electron chi connectivity index (χ4n) is 5.25. The van der Waals surface area contributed by atoms with E-state index in [2.05, 4.69) is 19.9 Å². The number of rotatable bonds is 5. The van der Waals surface area contributed by atoms with Gasteiger partial charge in [-0.25, -0.2) is 4.98 Å². The predicted octanol–water partition coefficient (Wildman–Crippen LogP) is 2.50. The van der Waals surface area contributed by atoms with E-state index in [4.69, 9.17) is 0 Å². The summed E-state index contributed by atoms with van der Waals surface area (Å²) in [5.41, 5.74) is 0.716. The van der Waals surface area contributed by atoms with Gasteiger partial charge in [-0.3, -0.25) is 14.4 Å². The highest BCUT2D eigenvalue weighted by Crippen LogP contribution is 2.25. The van der Waals surface area contributed by atoms with E-state index in [-0.39, 0.29) is 5.91 Å². The number of piperazine rings is 1. The molecule has 1 atom stereocenters. The summed E-state index contributed by atoms with van der Waals surface area (Å²) in [4.78, 5) is 24.6. The van der Waals surface area contributed by atoms with Gasteiger partial charge in [-0.15, -0.1) is 0 Å². The highest BCUT2D eigenvalue weighted by Gasteiger charge is 2.31. The van der Waals surface area contributed by atoms with Crippen LogP contribution in [0.4, 0.5) is 5.82 Å². The average molecular weight is 409 g/mol.